The van der Waals surface area contributed by atoms with E-state index in [4.69, 9.17) is 9.47 Å². The Hall–Kier alpha value is -3.01. The second kappa shape index (κ2) is 8.12. The van der Waals surface area contributed by atoms with E-state index in [2.05, 4.69) is 26.5 Å². The molecule has 0 aliphatic carbocycles. The monoisotopic (exact) mass is 367 g/mol. The summed E-state index contributed by atoms with van der Waals surface area (Å²) in [6.07, 6.45) is 2.05. The average Bonchev–Trinajstić information content (AvgIpc) is 2.69. The molecule has 27 heavy (non-hydrogen) atoms. The topological polar surface area (TPSA) is 83.3 Å². The number of aromatic nitrogens is 2. The smallest absolute Gasteiger partial charge is 0.169 e. The van der Waals surface area contributed by atoms with Crippen LogP contribution in [0.3, 0.4) is 0 Å². The number of nitriles is 1. The predicted octanol–water partition coefficient (Wildman–Crippen LogP) is 3.06. The van der Waals surface area contributed by atoms with E-state index in [-0.39, 0.29) is 6.04 Å². The van der Waals surface area contributed by atoms with E-state index in [1.165, 1.54) is 0 Å². The van der Waals surface area contributed by atoms with Crippen molar-refractivity contribution in [3.63, 3.8) is 0 Å². The van der Waals surface area contributed by atoms with E-state index in [1.807, 2.05) is 32.0 Å². The van der Waals surface area contributed by atoms with Crippen molar-refractivity contribution >= 4 is 11.5 Å². The second-order valence-corrected chi connectivity index (χ2v) is 6.75. The van der Waals surface area contributed by atoms with Crippen molar-refractivity contribution in [2.45, 2.75) is 32.7 Å². The molecular formula is C20H25N5O2. The number of ether oxygens (including phenoxy) is 2. The van der Waals surface area contributed by atoms with Gasteiger partial charge < -0.3 is 19.7 Å². The van der Waals surface area contributed by atoms with Crippen LogP contribution in [0.4, 0.5) is 11.5 Å². The number of hydrogen-bond donors (Lipinski definition) is 1. The van der Waals surface area contributed by atoms with Crippen LogP contribution in [0.5, 0.6) is 11.5 Å². The van der Waals surface area contributed by atoms with Crippen LogP contribution in [0, 0.1) is 25.2 Å². The van der Waals surface area contributed by atoms with Gasteiger partial charge in [-0.2, -0.15) is 10.4 Å². The SMILES string of the molecule is COc1cc(NC2CCCN(c3nnc(C)c(C)c3C#N)C2)cc(OC)c1. The van der Waals surface area contributed by atoms with Crippen LogP contribution in [0.15, 0.2) is 18.2 Å². The fourth-order valence-corrected chi connectivity index (χ4v) is 3.36. The minimum Gasteiger partial charge on any atom is -0.497 e. The van der Waals surface area contributed by atoms with Crippen LogP contribution in [0.25, 0.3) is 0 Å². The normalized spacial score (nSPS) is 16.6. The fourth-order valence-electron chi connectivity index (χ4n) is 3.36. The van der Waals surface area contributed by atoms with E-state index >= 15 is 0 Å². The van der Waals surface area contributed by atoms with Gasteiger partial charge in [0.1, 0.15) is 23.1 Å². The summed E-state index contributed by atoms with van der Waals surface area (Å²) in [6, 6.07) is 8.29. The molecule has 1 aromatic carbocycles. The summed E-state index contributed by atoms with van der Waals surface area (Å²) in [5.41, 5.74) is 3.26. The van der Waals surface area contributed by atoms with E-state index in [1.54, 1.807) is 14.2 Å². The number of rotatable bonds is 5. The van der Waals surface area contributed by atoms with Gasteiger partial charge in [-0.15, -0.1) is 5.10 Å². The number of hydrogen-bond acceptors (Lipinski definition) is 7. The van der Waals surface area contributed by atoms with Gasteiger partial charge in [0, 0.05) is 43.0 Å². The molecule has 1 saturated heterocycles. The lowest BCUT2D eigenvalue weighted by Crippen LogP contribution is -2.43. The molecule has 0 amide bonds. The van der Waals surface area contributed by atoms with Crippen LogP contribution in [-0.2, 0) is 0 Å². The Morgan fingerprint density at radius 1 is 1.15 bits per heavy atom. The highest BCUT2D eigenvalue weighted by atomic mass is 16.5. The van der Waals surface area contributed by atoms with Crippen LogP contribution < -0.4 is 19.7 Å². The molecule has 1 fully saturated rings. The number of nitrogens with one attached hydrogen (secondary N) is 1. The number of piperidine rings is 1. The maximum atomic E-state index is 9.58. The van der Waals surface area contributed by atoms with Crippen molar-refractivity contribution in [3.05, 3.63) is 35.0 Å². The molecule has 1 aliphatic rings. The molecule has 1 aromatic heterocycles. The van der Waals surface area contributed by atoms with Gasteiger partial charge in [-0.05, 0) is 32.3 Å². The quantitative estimate of drug-likeness (QED) is 0.869. The highest BCUT2D eigenvalue weighted by Crippen LogP contribution is 2.29. The largest absolute Gasteiger partial charge is 0.497 e. The van der Waals surface area contributed by atoms with Gasteiger partial charge in [-0.3, -0.25) is 0 Å². The lowest BCUT2D eigenvalue weighted by molar-refractivity contribution is 0.394. The van der Waals surface area contributed by atoms with Crippen LogP contribution in [0.2, 0.25) is 0 Å². The molecule has 0 bridgehead atoms. The first-order valence-corrected chi connectivity index (χ1v) is 9.04. The van der Waals surface area contributed by atoms with Crippen molar-refractivity contribution in [2.24, 2.45) is 0 Å². The molecule has 1 atom stereocenters. The van der Waals surface area contributed by atoms with Crippen LogP contribution >= 0.6 is 0 Å². The third kappa shape index (κ3) is 4.05. The highest BCUT2D eigenvalue weighted by molar-refractivity contribution is 5.59. The minimum absolute atomic E-state index is 0.227. The summed E-state index contributed by atoms with van der Waals surface area (Å²) in [5, 5.41) is 21.7. The van der Waals surface area contributed by atoms with E-state index < -0.39 is 0 Å². The molecule has 7 nitrogen and oxygen atoms in total. The van der Waals surface area contributed by atoms with Gasteiger partial charge in [0.2, 0.25) is 0 Å². The second-order valence-electron chi connectivity index (χ2n) is 6.75. The molecule has 1 aliphatic heterocycles. The predicted molar refractivity (Wildman–Crippen MR) is 105 cm³/mol. The third-order valence-corrected chi connectivity index (χ3v) is 4.99. The lowest BCUT2D eigenvalue weighted by Gasteiger charge is -2.34. The van der Waals surface area contributed by atoms with Crippen molar-refractivity contribution < 1.29 is 9.47 Å². The molecular weight excluding hydrogens is 342 g/mol. The van der Waals surface area contributed by atoms with Crippen LogP contribution in [0.1, 0.15) is 29.7 Å². The average molecular weight is 367 g/mol. The van der Waals surface area contributed by atoms with Crippen molar-refractivity contribution in [1.82, 2.24) is 10.2 Å². The molecule has 0 spiro atoms. The summed E-state index contributed by atoms with van der Waals surface area (Å²) in [6.45, 7) is 5.43. The van der Waals surface area contributed by atoms with Gasteiger partial charge in [0.25, 0.3) is 0 Å². The lowest BCUT2D eigenvalue weighted by atomic mass is 10.0. The molecule has 142 valence electrons. The Balaban J connectivity index is 1.80. The van der Waals surface area contributed by atoms with Crippen molar-refractivity contribution in [2.75, 3.05) is 37.5 Å². The third-order valence-electron chi connectivity index (χ3n) is 4.99. The van der Waals surface area contributed by atoms with Gasteiger partial charge in [0.05, 0.1) is 19.9 Å². The van der Waals surface area contributed by atoms with E-state index in [0.29, 0.717) is 11.4 Å². The molecule has 1 N–H and O–H groups in total. The molecule has 1 unspecified atom stereocenters. The zero-order valence-corrected chi connectivity index (χ0v) is 16.2. The Labute approximate surface area is 159 Å². The first-order valence-electron chi connectivity index (χ1n) is 9.04. The Bertz CT molecular complexity index is 840. The van der Waals surface area contributed by atoms with E-state index in [9.17, 15) is 5.26 Å². The molecule has 2 aromatic rings. The molecule has 7 heteroatoms. The molecule has 0 radical (unpaired) electrons. The molecule has 3 rings (SSSR count). The zero-order valence-electron chi connectivity index (χ0n) is 16.2. The standard InChI is InChI=1S/C20H25N5O2/c1-13-14(2)23-24-20(19(13)11-21)25-7-5-6-15(12-25)22-16-8-17(26-3)10-18(9-16)27-4/h8-10,15,22H,5-7,12H2,1-4H3. The number of aryl methyl sites for hydroxylation is 1. The number of benzene rings is 1. The van der Waals surface area contributed by atoms with Gasteiger partial charge in [0.15, 0.2) is 5.82 Å². The Morgan fingerprint density at radius 3 is 2.48 bits per heavy atom. The zero-order chi connectivity index (χ0) is 19.4. The molecule has 0 saturated carbocycles. The van der Waals surface area contributed by atoms with Crippen molar-refractivity contribution in [3.8, 4) is 17.6 Å². The van der Waals surface area contributed by atoms with Gasteiger partial charge in [-0.25, -0.2) is 0 Å². The first-order chi connectivity index (χ1) is 13.0. The summed E-state index contributed by atoms with van der Waals surface area (Å²) in [5.74, 6) is 2.17. The summed E-state index contributed by atoms with van der Waals surface area (Å²) in [4.78, 5) is 2.15. The maximum Gasteiger partial charge on any atom is 0.169 e. The number of methoxy groups -OCH3 is 2. The Kier molecular flexibility index (Phi) is 5.65. The highest BCUT2D eigenvalue weighted by Gasteiger charge is 2.24. The van der Waals surface area contributed by atoms with Gasteiger partial charge >= 0.3 is 0 Å². The van der Waals surface area contributed by atoms with Crippen molar-refractivity contribution in [1.29, 1.82) is 5.26 Å². The van der Waals surface area contributed by atoms with Crippen LogP contribution in [-0.4, -0.2) is 43.5 Å². The van der Waals surface area contributed by atoms with E-state index in [0.717, 1.165) is 54.4 Å². The minimum atomic E-state index is 0.227. The number of anilines is 2. The number of nitrogens with zero attached hydrogens (tertiary/aromatic N) is 4. The summed E-state index contributed by atoms with van der Waals surface area (Å²) < 4.78 is 10.7. The maximum absolute atomic E-state index is 9.58. The Morgan fingerprint density at radius 2 is 1.85 bits per heavy atom. The molecule has 2 heterocycles. The summed E-state index contributed by atoms with van der Waals surface area (Å²) >= 11 is 0. The fraction of sp³-hybridized carbons (Fsp3) is 0.450. The first kappa shape index (κ1) is 18.8. The van der Waals surface area contributed by atoms with Gasteiger partial charge in [-0.1, -0.05) is 0 Å². The summed E-state index contributed by atoms with van der Waals surface area (Å²) in [7, 11) is 3.28.